The van der Waals surface area contributed by atoms with Crippen LogP contribution in [-0.4, -0.2) is 48.9 Å². The summed E-state index contributed by atoms with van der Waals surface area (Å²) in [5.74, 6) is -1.37. The molecule has 1 saturated heterocycles. The average molecular weight is 412 g/mol. The van der Waals surface area contributed by atoms with Crippen molar-refractivity contribution in [2.24, 2.45) is 5.92 Å². The van der Waals surface area contributed by atoms with E-state index in [-0.39, 0.29) is 17.4 Å². The number of carbonyl (C=O) groups excluding carboxylic acids is 2. The third-order valence-electron chi connectivity index (χ3n) is 5.85. The lowest BCUT2D eigenvalue weighted by molar-refractivity contribution is -0.134. The summed E-state index contributed by atoms with van der Waals surface area (Å²) >= 11 is 0. The maximum Gasteiger partial charge on any atom is 0.254 e. The first kappa shape index (κ1) is 21.8. The minimum absolute atomic E-state index is 0.0457. The normalized spacial score (nSPS) is 15.3. The highest BCUT2D eigenvalue weighted by Crippen LogP contribution is 2.24. The number of piperazine rings is 1. The van der Waals surface area contributed by atoms with Crippen molar-refractivity contribution in [3.8, 4) is 0 Å². The van der Waals surface area contributed by atoms with Gasteiger partial charge in [-0.25, -0.2) is 4.39 Å². The molecule has 6 heteroatoms. The summed E-state index contributed by atoms with van der Waals surface area (Å²) in [7, 11) is 0. The van der Waals surface area contributed by atoms with Crippen LogP contribution >= 0.6 is 0 Å². The van der Waals surface area contributed by atoms with Gasteiger partial charge in [0.1, 0.15) is 11.9 Å². The summed E-state index contributed by atoms with van der Waals surface area (Å²) in [6.45, 7) is 10.6. The molecule has 0 aliphatic carbocycles. The second-order valence-electron chi connectivity index (χ2n) is 8.21. The van der Waals surface area contributed by atoms with Gasteiger partial charge in [-0.1, -0.05) is 38.1 Å². The molecular formula is C24H30FN3O2. The Bertz CT molecular complexity index is 920. The zero-order valence-electron chi connectivity index (χ0n) is 18.1. The molecule has 0 radical (unpaired) electrons. The van der Waals surface area contributed by atoms with E-state index in [1.54, 1.807) is 11.0 Å². The molecule has 2 aromatic carbocycles. The van der Waals surface area contributed by atoms with E-state index in [0.717, 1.165) is 13.1 Å². The summed E-state index contributed by atoms with van der Waals surface area (Å²) in [5.41, 5.74) is 3.67. The van der Waals surface area contributed by atoms with Crippen molar-refractivity contribution in [2.75, 3.05) is 31.1 Å². The fourth-order valence-corrected chi connectivity index (χ4v) is 3.82. The molecule has 0 spiro atoms. The minimum atomic E-state index is -0.690. The van der Waals surface area contributed by atoms with Crippen LogP contribution in [0.1, 0.15) is 35.3 Å². The number of carbonyl (C=O) groups is 2. The molecule has 2 amide bonds. The van der Waals surface area contributed by atoms with Gasteiger partial charge in [-0.2, -0.15) is 0 Å². The van der Waals surface area contributed by atoms with Crippen molar-refractivity contribution < 1.29 is 14.0 Å². The van der Waals surface area contributed by atoms with Gasteiger partial charge in [0.2, 0.25) is 5.91 Å². The third-order valence-corrected chi connectivity index (χ3v) is 5.85. The lowest BCUT2D eigenvalue weighted by Gasteiger charge is -2.39. The topological polar surface area (TPSA) is 52.6 Å². The molecule has 1 fully saturated rings. The number of nitrogens with one attached hydrogen (secondary N) is 1. The van der Waals surface area contributed by atoms with E-state index in [2.05, 4.69) is 42.3 Å². The molecule has 160 valence electrons. The number of halogens is 1. The van der Waals surface area contributed by atoms with Crippen molar-refractivity contribution >= 4 is 17.5 Å². The van der Waals surface area contributed by atoms with Crippen LogP contribution in [-0.2, 0) is 4.79 Å². The van der Waals surface area contributed by atoms with Gasteiger partial charge in [0.25, 0.3) is 5.91 Å². The smallest absolute Gasteiger partial charge is 0.254 e. The van der Waals surface area contributed by atoms with E-state index in [1.165, 1.54) is 35.0 Å². The van der Waals surface area contributed by atoms with E-state index in [4.69, 9.17) is 0 Å². The van der Waals surface area contributed by atoms with Gasteiger partial charge in [-0.15, -0.1) is 0 Å². The number of hydrogen-bond donors (Lipinski definition) is 1. The lowest BCUT2D eigenvalue weighted by atomic mass is 10.0. The van der Waals surface area contributed by atoms with Gasteiger partial charge in [0.05, 0.1) is 5.56 Å². The van der Waals surface area contributed by atoms with Crippen molar-refractivity contribution in [3.63, 3.8) is 0 Å². The van der Waals surface area contributed by atoms with Gasteiger partial charge < -0.3 is 15.1 Å². The number of anilines is 1. The molecule has 2 aromatic rings. The van der Waals surface area contributed by atoms with Crippen LogP contribution in [0.4, 0.5) is 10.1 Å². The van der Waals surface area contributed by atoms with Gasteiger partial charge in [0, 0.05) is 31.9 Å². The molecule has 0 saturated carbocycles. The van der Waals surface area contributed by atoms with E-state index in [9.17, 15) is 14.0 Å². The summed E-state index contributed by atoms with van der Waals surface area (Å²) in [6.07, 6.45) is 0. The number of hydrogen-bond acceptors (Lipinski definition) is 3. The first-order valence-electron chi connectivity index (χ1n) is 10.4. The fourth-order valence-electron chi connectivity index (χ4n) is 3.82. The van der Waals surface area contributed by atoms with Crippen LogP contribution in [0.3, 0.4) is 0 Å². The Morgan fingerprint density at radius 2 is 1.63 bits per heavy atom. The predicted octanol–water partition coefficient (Wildman–Crippen LogP) is 3.55. The minimum Gasteiger partial charge on any atom is -0.368 e. The molecule has 1 unspecified atom stereocenters. The zero-order chi connectivity index (χ0) is 21.8. The highest BCUT2D eigenvalue weighted by molar-refractivity contribution is 5.97. The molecule has 0 bridgehead atoms. The second-order valence-corrected chi connectivity index (χ2v) is 8.21. The number of aryl methyl sites for hydroxylation is 1. The van der Waals surface area contributed by atoms with Crippen LogP contribution in [0, 0.1) is 25.6 Å². The highest BCUT2D eigenvalue weighted by atomic mass is 19.1. The Hall–Kier alpha value is -2.89. The Morgan fingerprint density at radius 3 is 2.27 bits per heavy atom. The average Bonchev–Trinajstić information content (AvgIpc) is 2.73. The van der Waals surface area contributed by atoms with Crippen LogP contribution in [0.2, 0.25) is 0 Å². The molecule has 3 rings (SSSR count). The van der Waals surface area contributed by atoms with Crippen LogP contribution < -0.4 is 10.2 Å². The Labute approximate surface area is 177 Å². The predicted molar refractivity (Wildman–Crippen MR) is 117 cm³/mol. The maximum atomic E-state index is 14.0. The van der Waals surface area contributed by atoms with Crippen molar-refractivity contribution in [3.05, 3.63) is 65.0 Å². The Kier molecular flexibility index (Phi) is 6.75. The molecule has 5 nitrogen and oxygen atoms in total. The number of amides is 2. The second kappa shape index (κ2) is 9.28. The molecule has 1 atom stereocenters. The molecule has 1 N–H and O–H groups in total. The zero-order valence-corrected chi connectivity index (χ0v) is 18.1. The molecule has 1 aliphatic heterocycles. The van der Waals surface area contributed by atoms with E-state index >= 15 is 0 Å². The lowest BCUT2D eigenvalue weighted by Crippen LogP contribution is -2.56. The summed E-state index contributed by atoms with van der Waals surface area (Å²) in [6, 6.07) is 11.4. The molecule has 1 aliphatic rings. The largest absolute Gasteiger partial charge is 0.368 e. The fraction of sp³-hybridized carbons (Fsp3) is 0.417. The van der Waals surface area contributed by atoms with Crippen LogP contribution in [0.5, 0.6) is 0 Å². The SMILES string of the molecule is Cc1cccc(N2CCN(C(=O)C(NC(=O)c3ccccc3F)C(C)C)CC2)c1C. The first-order chi connectivity index (χ1) is 14.3. The third kappa shape index (κ3) is 4.64. The van der Waals surface area contributed by atoms with Crippen molar-refractivity contribution in [2.45, 2.75) is 33.7 Å². The number of benzene rings is 2. The molecule has 1 heterocycles. The van der Waals surface area contributed by atoms with Gasteiger partial charge >= 0.3 is 0 Å². The van der Waals surface area contributed by atoms with Gasteiger partial charge in [-0.05, 0) is 49.1 Å². The first-order valence-corrected chi connectivity index (χ1v) is 10.4. The maximum absolute atomic E-state index is 14.0. The summed E-state index contributed by atoms with van der Waals surface area (Å²) in [4.78, 5) is 29.8. The monoisotopic (exact) mass is 411 g/mol. The van der Waals surface area contributed by atoms with E-state index in [1.807, 2.05) is 13.8 Å². The van der Waals surface area contributed by atoms with E-state index in [0.29, 0.717) is 13.1 Å². The quantitative estimate of drug-likeness (QED) is 0.819. The summed E-state index contributed by atoms with van der Waals surface area (Å²) < 4.78 is 14.0. The summed E-state index contributed by atoms with van der Waals surface area (Å²) in [5, 5.41) is 2.75. The number of nitrogens with zero attached hydrogens (tertiary/aromatic N) is 2. The standard InChI is InChI=1S/C24H30FN3O2/c1-16(2)22(26-23(29)19-9-5-6-10-20(19)25)24(30)28-14-12-27(13-15-28)21-11-7-8-17(3)18(21)4/h5-11,16,22H,12-15H2,1-4H3,(H,26,29). The van der Waals surface area contributed by atoms with Crippen LogP contribution in [0.15, 0.2) is 42.5 Å². The van der Waals surface area contributed by atoms with Crippen LogP contribution in [0.25, 0.3) is 0 Å². The van der Waals surface area contributed by atoms with Crippen molar-refractivity contribution in [1.29, 1.82) is 0 Å². The Morgan fingerprint density at radius 1 is 0.967 bits per heavy atom. The van der Waals surface area contributed by atoms with Gasteiger partial charge in [-0.3, -0.25) is 9.59 Å². The van der Waals surface area contributed by atoms with E-state index < -0.39 is 17.8 Å². The highest BCUT2D eigenvalue weighted by Gasteiger charge is 2.31. The molecule has 30 heavy (non-hydrogen) atoms. The Balaban J connectivity index is 1.66. The van der Waals surface area contributed by atoms with Gasteiger partial charge in [0.15, 0.2) is 0 Å². The number of rotatable bonds is 5. The molecular weight excluding hydrogens is 381 g/mol. The molecule has 0 aromatic heterocycles. The van der Waals surface area contributed by atoms with Crippen molar-refractivity contribution in [1.82, 2.24) is 10.2 Å².